The van der Waals surface area contributed by atoms with E-state index in [9.17, 15) is 4.79 Å². The van der Waals surface area contributed by atoms with Gasteiger partial charge in [-0.1, -0.05) is 18.5 Å². The maximum Gasteiger partial charge on any atom is 0.237 e. The largest absolute Gasteiger partial charge is 0.325 e. The van der Waals surface area contributed by atoms with E-state index in [-0.39, 0.29) is 11.6 Å². The van der Waals surface area contributed by atoms with Crippen LogP contribution >= 0.6 is 11.6 Å². The molecule has 0 radical (unpaired) electrons. The molecular weight excluding hydrogens is 266 g/mol. The number of benzene rings is 1. The summed E-state index contributed by atoms with van der Waals surface area (Å²) in [5, 5.41) is 23.6. The third-order valence-electron chi connectivity index (χ3n) is 2.07. The number of amides is 1. The number of carbonyl (C=O) groups excluding carboxylic acids is 1. The molecule has 0 atom stereocenters. The van der Waals surface area contributed by atoms with Crippen LogP contribution in [0.15, 0.2) is 23.3 Å². The highest BCUT2D eigenvalue weighted by Gasteiger charge is 2.05. The van der Waals surface area contributed by atoms with Gasteiger partial charge in [0.1, 0.15) is 12.1 Å². The van der Waals surface area contributed by atoms with Gasteiger partial charge >= 0.3 is 0 Å². The molecule has 0 aliphatic carbocycles. The molecule has 6 nitrogen and oxygen atoms in total. The van der Waals surface area contributed by atoms with Gasteiger partial charge in [0.25, 0.3) is 0 Å². The van der Waals surface area contributed by atoms with Crippen LogP contribution in [0, 0.1) is 22.7 Å². The normalized spacial score (nSPS) is 8.84. The summed E-state index contributed by atoms with van der Waals surface area (Å²) in [6.45, 7) is 1.74. The second kappa shape index (κ2) is 7.00. The van der Waals surface area contributed by atoms with Gasteiger partial charge in [0, 0.05) is 6.42 Å². The van der Waals surface area contributed by atoms with Crippen molar-refractivity contribution in [2.75, 3.05) is 10.7 Å². The van der Waals surface area contributed by atoms with Crippen molar-refractivity contribution >= 4 is 34.6 Å². The molecule has 0 aliphatic heterocycles. The average molecular weight is 276 g/mol. The van der Waals surface area contributed by atoms with Crippen molar-refractivity contribution in [1.82, 2.24) is 0 Å². The molecular formula is C12H10ClN5O. The van der Waals surface area contributed by atoms with Crippen LogP contribution in [0.25, 0.3) is 0 Å². The molecule has 0 saturated carbocycles. The van der Waals surface area contributed by atoms with Crippen molar-refractivity contribution in [3.05, 3.63) is 23.2 Å². The predicted octanol–water partition coefficient (Wildman–Crippen LogP) is 2.50. The molecule has 0 bridgehead atoms. The van der Waals surface area contributed by atoms with E-state index in [1.807, 2.05) is 0 Å². The number of rotatable bonds is 4. The number of carbonyl (C=O) groups is 1. The fourth-order valence-electron chi connectivity index (χ4n) is 1.12. The lowest BCUT2D eigenvalue weighted by atomic mass is 10.2. The Bertz CT molecular complexity index is 581. The Labute approximate surface area is 115 Å². The second-order valence-corrected chi connectivity index (χ2v) is 3.80. The Morgan fingerprint density at radius 2 is 2.11 bits per heavy atom. The molecule has 1 amide bonds. The third-order valence-corrected chi connectivity index (χ3v) is 2.39. The van der Waals surface area contributed by atoms with E-state index in [1.165, 1.54) is 6.07 Å². The summed E-state index contributed by atoms with van der Waals surface area (Å²) in [7, 11) is 0. The lowest BCUT2D eigenvalue weighted by Gasteiger charge is -2.07. The molecule has 0 saturated heterocycles. The number of nitriles is 2. The summed E-state index contributed by atoms with van der Waals surface area (Å²) < 4.78 is 0. The SMILES string of the molecule is CCC(=O)Nc1ccc(NN=C(C#N)C#N)cc1Cl. The maximum atomic E-state index is 11.2. The van der Waals surface area contributed by atoms with E-state index < -0.39 is 0 Å². The van der Waals surface area contributed by atoms with Crippen molar-refractivity contribution in [2.45, 2.75) is 13.3 Å². The first-order chi connectivity index (χ1) is 9.10. The number of hydrogen-bond acceptors (Lipinski definition) is 5. The smallest absolute Gasteiger partial charge is 0.237 e. The van der Waals surface area contributed by atoms with Crippen LogP contribution in [-0.4, -0.2) is 11.6 Å². The van der Waals surface area contributed by atoms with E-state index in [4.69, 9.17) is 22.1 Å². The topological polar surface area (TPSA) is 101 Å². The summed E-state index contributed by atoms with van der Waals surface area (Å²) in [6, 6.07) is 7.99. The summed E-state index contributed by atoms with van der Waals surface area (Å²) in [4.78, 5) is 11.2. The van der Waals surface area contributed by atoms with Gasteiger partial charge in [0.2, 0.25) is 11.6 Å². The Balaban J connectivity index is 2.84. The fourth-order valence-corrected chi connectivity index (χ4v) is 1.35. The summed E-state index contributed by atoms with van der Waals surface area (Å²) in [5.41, 5.74) is 3.23. The Hall–Kier alpha value is -2.57. The molecule has 1 aromatic carbocycles. The van der Waals surface area contributed by atoms with Gasteiger partial charge in [0.05, 0.1) is 16.4 Å². The summed E-state index contributed by atoms with van der Waals surface area (Å²) in [6.07, 6.45) is 0.355. The van der Waals surface area contributed by atoms with Crippen LogP contribution in [0.4, 0.5) is 11.4 Å². The van der Waals surface area contributed by atoms with Gasteiger partial charge in [-0.15, -0.1) is 0 Å². The number of nitrogens with zero attached hydrogens (tertiary/aromatic N) is 3. The van der Waals surface area contributed by atoms with Crippen molar-refractivity contribution in [2.24, 2.45) is 5.10 Å². The lowest BCUT2D eigenvalue weighted by Crippen LogP contribution is -2.09. The quantitative estimate of drug-likeness (QED) is 0.651. The molecule has 0 fully saturated rings. The summed E-state index contributed by atoms with van der Waals surface area (Å²) >= 11 is 5.98. The standard InChI is InChI=1S/C12H10ClN5O/c1-2-12(19)16-11-4-3-8(5-10(11)13)17-18-9(6-14)7-15/h3-5,17H,2H2,1H3,(H,16,19). The van der Waals surface area contributed by atoms with Gasteiger partial charge in [-0.3, -0.25) is 10.2 Å². The van der Waals surface area contributed by atoms with Crippen molar-refractivity contribution in [3.63, 3.8) is 0 Å². The zero-order valence-corrected chi connectivity index (χ0v) is 10.8. The van der Waals surface area contributed by atoms with Crippen LogP contribution in [0.5, 0.6) is 0 Å². The predicted molar refractivity (Wildman–Crippen MR) is 72.7 cm³/mol. The van der Waals surface area contributed by atoms with E-state index in [1.54, 1.807) is 31.2 Å². The molecule has 0 spiro atoms. The molecule has 7 heteroatoms. The molecule has 1 rings (SSSR count). The molecule has 0 aromatic heterocycles. The van der Waals surface area contributed by atoms with E-state index >= 15 is 0 Å². The van der Waals surface area contributed by atoms with Crippen LogP contribution in [0.3, 0.4) is 0 Å². The highest BCUT2D eigenvalue weighted by molar-refractivity contribution is 6.34. The zero-order chi connectivity index (χ0) is 14.3. The first-order valence-electron chi connectivity index (χ1n) is 5.34. The van der Waals surface area contributed by atoms with Gasteiger partial charge < -0.3 is 5.32 Å². The fraction of sp³-hybridized carbons (Fsp3) is 0.167. The van der Waals surface area contributed by atoms with Gasteiger partial charge in [-0.05, 0) is 18.2 Å². The van der Waals surface area contributed by atoms with Gasteiger partial charge in [-0.25, -0.2) is 0 Å². The molecule has 1 aromatic rings. The van der Waals surface area contributed by atoms with Gasteiger partial charge in [-0.2, -0.15) is 15.6 Å². The molecule has 96 valence electrons. The van der Waals surface area contributed by atoms with Crippen LogP contribution in [0.2, 0.25) is 5.02 Å². The van der Waals surface area contributed by atoms with Gasteiger partial charge in [0.15, 0.2) is 0 Å². The molecule has 19 heavy (non-hydrogen) atoms. The van der Waals surface area contributed by atoms with E-state index in [0.29, 0.717) is 22.8 Å². The summed E-state index contributed by atoms with van der Waals surface area (Å²) in [5.74, 6) is -0.142. The van der Waals surface area contributed by atoms with Crippen molar-refractivity contribution in [3.8, 4) is 12.1 Å². The maximum absolute atomic E-state index is 11.2. The minimum atomic E-state index is -0.292. The lowest BCUT2D eigenvalue weighted by molar-refractivity contribution is -0.115. The van der Waals surface area contributed by atoms with Crippen LogP contribution in [-0.2, 0) is 4.79 Å². The number of nitrogens with one attached hydrogen (secondary N) is 2. The highest BCUT2D eigenvalue weighted by Crippen LogP contribution is 2.25. The Morgan fingerprint density at radius 1 is 1.42 bits per heavy atom. The van der Waals surface area contributed by atoms with Crippen molar-refractivity contribution in [1.29, 1.82) is 10.5 Å². The van der Waals surface area contributed by atoms with Crippen molar-refractivity contribution < 1.29 is 4.79 Å². The Kier molecular flexibility index (Phi) is 5.34. The molecule has 0 heterocycles. The number of anilines is 2. The number of hydrogen-bond donors (Lipinski definition) is 2. The average Bonchev–Trinajstić information content (AvgIpc) is 2.42. The first-order valence-corrected chi connectivity index (χ1v) is 5.71. The van der Waals surface area contributed by atoms with Crippen LogP contribution in [0.1, 0.15) is 13.3 Å². The molecule has 0 aliphatic rings. The molecule has 0 unspecified atom stereocenters. The first kappa shape index (κ1) is 14.5. The third kappa shape index (κ3) is 4.30. The second-order valence-electron chi connectivity index (χ2n) is 3.39. The molecule has 2 N–H and O–H groups in total. The minimum Gasteiger partial charge on any atom is -0.325 e. The number of hydrazone groups is 1. The highest BCUT2D eigenvalue weighted by atomic mass is 35.5. The van der Waals surface area contributed by atoms with E-state index in [2.05, 4.69) is 15.8 Å². The number of halogens is 1. The Morgan fingerprint density at radius 3 is 2.63 bits per heavy atom. The van der Waals surface area contributed by atoms with Crippen LogP contribution < -0.4 is 10.7 Å². The minimum absolute atomic E-state index is 0.142. The monoisotopic (exact) mass is 275 g/mol. The zero-order valence-electron chi connectivity index (χ0n) is 10.1. The van der Waals surface area contributed by atoms with E-state index in [0.717, 1.165) is 0 Å².